The molecule has 4 rings (SSSR count). The molecule has 0 spiro atoms. The first kappa shape index (κ1) is 20.5. The van der Waals surface area contributed by atoms with Gasteiger partial charge in [-0.25, -0.2) is 9.78 Å². The standard InChI is InChI=1S/C21H16Cl2N2O4S/c1-11(12-5-3-4-6-13(12)22)29-18-9-19(30-20(18)21(27)28-2)25-10-24-15-8-17(26)14(23)7-16(15)25/h3-11,26H,1-2H3/t11-/m1/s1. The fourth-order valence-electron chi connectivity index (χ4n) is 3.06. The third kappa shape index (κ3) is 3.71. The van der Waals surface area contributed by atoms with Gasteiger partial charge in [-0.3, -0.25) is 4.57 Å². The lowest BCUT2D eigenvalue weighted by molar-refractivity contribution is 0.0600. The van der Waals surface area contributed by atoms with Crippen molar-refractivity contribution in [3.63, 3.8) is 0 Å². The van der Waals surface area contributed by atoms with Crippen LogP contribution in [0.1, 0.15) is 28.3 Å². The molecule has 0 saturated heterocycles. The smallest absolute Gasteiger partial charge is 0.351 e. The van der Waals surface area contributed by atoms with Gasteiger partial charge in [-0.1, -0.05) is 41.4 Å². The van der Waals surface area contributed by atoms with Crippen LogP contribution in [0.5, 0.6) is 11.5 Å². The summed E-state index contributed by atoms with van der Waals surface area (Å²) in [6, 6.07) is 12.2. The summed E-state index contributed by atoms with van der Waals surface area (Å²) in [5.74, 6) is -0.179. The molecule has 0 fully saturated rings. The van der Waals surface area contributed by atoms with Gasteiger partial charge in [0.05, 0.1) is 23.2 Å². The van der Waals surface area contributed by atoms with Crippen molar-refractivity contribution >= 4 is 51.5 Å². The Labute approximate surface area is 186 Å². The van der Waals surface area contributed by atoms with Crippen molar-refractivity contribution in [3.8, 4) is 16.5 Å². The highest BCUT2D eigenvalue weighted by Gasteiger charge is 2.23. The number of hydrogen-bond donors (Lipinski definition) is 1. The molecule has 0 amide bonds. The maximum Gasteiger partial charge on any atom is 0.351 e. The molecule has 154 valence electrons. The van der Waals surface area contributed by atoms with Crippen LogP contribution in [-0.4, -0.2) is 27.7 Å². The number of methoxy groups -OCH3 is 1. The number of benzene rings is 2. The van der Waals surface area contributed by atoms with Crippen molar-refractivity contribution < 1.29 is 19.4 Å². The number of halogens is 2. The summed E-state index contributed by atoms with van der Waals surface area (Å²) in [5.41, 5.74) is 2.05. The van der Waals surface area contributed by atoms with E-state index in [1.807, 2.05) is 25.1 Å². The number of phenols is 1. The van der Waals surface area contributed by atoms with Crippen LogP contribution >= 0.6 is 34.5 Å². The number of nitrogens with zero attached hydrogens (tertiary/aromatic N) is 2. The Balaban J connectivity index is 1.77. The summed E-state index contributed by atoms with van der Waals surface area (Å²) < 4.78 is 12.8. The third-order valence-corrected chi connectivity index (χ3v) is 6.30. The van der Waals surface area contributed by atoms with Crippen molar-refractivity contribution in [3.05, 3.63) is 69.3 Å². The number of fused-ring (bicyclic) bond motifs is 1. The number of aromatic nitrogens is 2. The summed E-state index contributed by atoms with van der Waals surface area (Å²) in [6.07, 6.45) is 1.20. The zero-order valence-corrected chi connectivity index (χ0v) is 18.3. The highest BCUT2D eigenvalue weighted by atomic mass is 35.5. The van der Waals surface area contributed by atoms with E-state index in [1.54, 1.807) is 29.1 Å². The first-order valence-corrected chi connectivity index (χ1v) is 10.5. The topological polar surface area (TPSA) is 73.6 Å². The zero-order chi connectivity index (χ0) is 21.4. The minimum Gasteiger partial charge on any atom is -0.506 e. The van der Waals surface area contributed by atoms with Gasteiger partial charge in [-0.15, -0.1) is 11.3 Å². The van der Waals surface area contributed by atoms with E-state index in [9.17, 15) is 9.90 Å². The maximum absolute atomic E-state index is 12.4. The molecule has 0 aliphatic heterocycles. The number of imidazole rings is 1. The summed E-state index contributed by atoms with van der Waals surface area (Å²) in [4.78, 5) is 17.0. The van der Waals surface area contributed by atoms with Crippen molar-refractivity contribution in [2.45, 2.75) is 13.0 Å². The quantitative estimate of drug-likeness (QED) is 0.366. The molecule has 0 saturated carbocycles. The minimum atomic E-state index is -0.507. The first-order valence-electron chi connectivity index (χ1n) is 8.88. The van der Waals surface area contributed by atoms with E-state index in [1.165, 1.54) is 24.5 Å². The molecule has 4 aromatic rings. The van der Waals surface area contributed by atoms with Crippen molar-refractivity contribution in [1.29, 1.82) is 0 Å². The number of thiophene rings is 1. The van der Waals surface area contributed by atoms with Gasteiger partial charge in [0.25, 0.3) is 0 Å². The highest BCUT2D eigenvalue weighted by Crippen LogP contribution is 2.38. The average Bonchev–Trinajstić information content (AvgIpc) is 3.32. The monoisotopic (exact) mass is 462 g/mol. The molecule has 0 radical (unpaired) electrons. The lowest BCUT2D eigenvalue weighted by Crippen LogP contribution is -2.07. The van der Waals surface area contributed by atoms with Crippen LogP contribution in [0.4, 0.5) is 0 Å². The molecule has 2 aromatic carbocycles. The normalized spacial score (nSPS) is 12.1. The fourth-order valence-corrected chi connectivity index (χ4v) is 4.50. The Hall–Kier alpha value is -2.74. The SMILES string of the molecule is COC(=O)c1sc(-n2cnc3cc(O)c(Cl)cc32)cc1O[C@H](C)c1ccccc1Cl. The molecule has 0 aliphatic rings. The van der Waals surface area contributed by atoms with Gasteiger partial charge in [0, 0.05) is 22.7 Å². The number of carbonyl (C=O) groups excluding carboxylic acids is 1. The first-order chi connectivity index (χ1) is 14.4. The molecule has 2 aromatic heterocycles. The number of ether oxygens (including phenoxy) is 2. The van der Waals surface area contributed by atoms with Crippen LogP contribution in [0, 0.1) is 0 Å². The van der Waals surface area contributed by atoms with Crippen molar-refractivity contribution in [1.82, 2.24) is 9.55 Å². The van der Waals surface area contributed by atoms with Gasteiger partial charge >= 0.3 is 5.97 Å². The van der Waals surface area contributed by atoms with Gasteiger partial charge in [-0.2, -0.15) is 0 Å². The van der Waals surface area contributed by atoms with E-state index < -0.39 is 12.1 Å². The van der Waals surface area contributed by atoms with Gasteiger partial charge < -0.3 is 14.6 Å². The van der Waals surface area contributed by atoms with Crippen LogP contribution in [-0.2, 0) is 4.74 Å². The molecule has 0 unspecified atom stereocenters. The highest BCUT2D eigenvalue weighted by molar-refractivity contribution is 7.16. The molecule has 30 heavy (non-hydrogen) atoms. The molecule has 1 atom stereocenters. The molecular weight excluding hydrogens is 447 g/mol. The molecule has 0 bridgehead atoms. The van der Waals surface area contributed by atoms with Crippen LogP contribution in [0.25, 0.3) is 16.0 Å². The zero-order valence-electron chi connectivity index (χ0n) is 15.9. The fraction of sp³-hybridized carbons (Fsp3) is 0.143. The Bertz CT molecular complexity index is 1250. The van der Waals surface area contributed by atoms with Crippen LogP contribution < -0.4 is 4.74 Å². The number of esters is 1. The molecule has 6 nitrogen and oxygen atoms in total. The third-order valence-electron chi connectivity index (χ3n) is 4.56. The summed E-state index contributed by atoms with van der Waals surface area (Å²) >= 11 is 13.5. The van der Waals surface area contributed by atoms with E-state index in [-0.39, 0.29) is 10.8 Å². The van der Waals surface area contributed by atoms with E-state index in [2.05, 4.69) is 4.98 Å². The number of hydrogen-bond acceptors (Lipinski definition) is 6. The molecular formula is C21H16Cl2N2O4S. The van der Waals surface area contributed by atoms with Gasteiger partial charge in [-0.05, 0) is 19.1 Å². The summed E-state index contributed by atoms with van der Waals surface area (Å²) in [7, 11) is 1.32. The predicted molar refractivity (Wildman–Crippen MR) is 117 cm³/mol. The van der Waals surface area contributed by atoms with Gasteiger partial charge in [0.2, 0.25) is 0 Å². The van der Waals surface area contributed by atoms with E-state index >= 15 is 0 Å². The molecule has 1 N–H and O–H groups in total. The second kappa shape index (κ2) is 8.18. The largest absolute Gasteiger partial charge is 0.506 e. The summed E-state index contributed by atoms with van der Waals surface area (Å²) in [5, 5.41) is 11.3. The predicted octanol–water partition coefficient (Wildman–Crippen LogP) is 6.03. The summed E-state index contributed by atoms with van der Waals surface area (Å²) in [6.45, 7) is 1.86. The number of aromatic hydroxyl groups is 1. The Kier molecular flexibility index (Phi) is 5.60. The Morgan fingerprint density at radius 3 is 2.70 bits per heavy atom. The maximum atomic E-state index is 12.4. The minimum absolute atomic E-state index is 0.0477. The van der Waals surface area contributed by atoms with Gasteiger partial charge in [0.1, 0.15) is 28.9 Å². The lowest BCUT2D eigenvalue weighted by atomic mass is 10.1. The van der Waals surface area contributed by atoms with Crippen LogP contribution in [0.15, 0.2) is 48.8 Å². The second-order valence-electron chi connectivity index (χ2n) is 6.46. The second-order valence-corrected chi connectivity index (χ2v) is 8.30. The van der Waals surface area contributed by atoms with E-state index in [0.29, 0.717) is 31.7 Å². The molecule has 0 aliphatic carbocycles. The Morgan fingerprint density at radius 2 is 1.97 bits per heavy atom. The van der Waals surface area contributed by atoms with Crippen molar-refractivity contribution in [2.75, 3.05) is 7.11 Å². The van der Waals surface area contributed by atoms with Gasteiger partial charge in [0.15, 0.2) is 4.88 Å². The molecule has 2 heterocycles. The number of rotatable bonds is 5. The average molecular weight is 463 g/mol. The van der Waals surface area contributed by atoms with E-state index in [4.69, 9.17) is 32.7 Å². The van der Waals surface area contributed by atoms with E-state index in [0.717, 1.165) is 5.56 Å². The van der Waals surface area contributed by atoms with Crippen molar-refractivity contribution in [2.24, 2.45) is 0 Å². The van der Waals surface area contributed by atoms with Crippen LogP contribution in [0.2, 0.25) is 10.0 Å². The number of carbonyl (C=O) groups is 1. The lowest BCUT2D eigenvalue weighted by Gasteiger charge is -2.16. The Morgan fingerprint density at radius 1 is 1.20 bits per heavy atom. The molecule has 9 heteroatoms. The van der Waals surface area contributed by atoms with Crippen LogP contribution in [0.3, 0.4) is 0 Å². The number of phenolic OH excluding ortho intramolecular Hbond substituents is 1.